The molecule has 0 bridgehead atoms. The van der Waals surface area contributed by atoms with Crippen molar-refractivity contribution in [3.63, 3.8) is 0 Å². The second-order valence-corrected chi connectivity index (χ2v) is 9.47. The molecule has 2 atom stereocenters. The maximum absolute atomic E-state index is 13.4. The molecule has 0 spiro atoms. The molecule has 4 heterocycles. The maximum atomic E-state index is 13.4. The van der Waals surface area contributed by atoms with Gasteiger partial charge >= 0.3 is 12.2 Å². The van der Waals surface area contributed by atoms with E-state index in [0.717, 1.165) is 30.0 Å². The molecule has 0 aliphatic carbocycles. The summed E-state index contributed by atoms with van der Waals surface area (Å²) >= 11 is 0. The first-order valence-electron chi connectivity index (χ1n) is 12.9. The van der Waals surface area contributed by atoms with Crippen LogP contribution in [-0.4, -0.2) is 52.2 Å². The summed E-state index contributed by atoms with van der Waals surface area (Å²) in [7, 11) is 0. The van der Waals surface area contributed by atoms with Crippen LogP contribution in [0.2, 0.25) is 0 Å². The molecule has 1 amide bonds. The van der Waals surface area contributed by atoms with E-state index in [0.29, 0.717) is 24.2 Å². The summed E-state index contributed by atoms with van der Waals surface area (Å²) in [4.78, 5) is 21.8. The second-order valence-electron chi connectivity index (χ2n) is 9.47. The number of hydrogen-bond acceptors (Lipinski definition) is 9. The fourth-order valence-corrected chi connectivity index (χ4v) is 4.63. The zero-order chi connectivity index (χ0) is 28.4. The highest BCUT2D eigenvalue weighted by molar-refractivity contribution is 6.19. The van der Waals surface area contributed by atoms with Gasteiger partial charge in [0.15, 0.2) is 5.69 Å². The van der Waals surface area contributed by atoms with E-state index in [1.165, 1.54) is 0 Å². The van der Waals surface area contributed by atoms with Crippen molar-refractivity contribution in [3.8, 4) is 11.6 Å². The lowest BCUT2D eigenvalue weighted by atomic mass is 10.0. The fraction of sp³-hybridized carbons (Fsp3) is 0.250. The van der Waals surface area contributed by atoms with Crippen molar-refractivity contribution in [2.45, 2.75) is 31.3 Å². The minimum Gasteiger partial charge on any atom is -0.402 e. The van der Waals surface area contributed by atoms with Gasteiger partial charge in [0.1, 0.15) is 0 Å². The zero-order valence-corrected chi connectivity index (χ0v) is 21.5. The van der Waals surface area contributed by atoms with E-state index in [2.05, 4.69) is 36.1 Å². The van der Waals surface area contributed by atoms with Gasteiger partial charge in [0.2, 0.25) is 6.17 Å². The number of pyridine rings is 1. The molecule has 1 fully saturated rings. The molecular weight excluding hydrogens is 539 g/mol. The predicted molar refractivity (Wildman–Crippen MR) is 145 cm³/mol. The van der Waals surface area contributed by atoms with Gasteiger partial charge in [-0.15, -0.1) is 5.10 Å². The third-order valence-electron chi connectivity index (χ3n) is 6.64. The Morgan fingerprint density at radius 3 is 2.63 bits per heavy atom. The Kier molecular flexibility index (Phi) is 7.10. The highest BCUT2D eigenvalue weighted by Gasteiger charge is 2.33. The van der Waals surface area contributed by atoms with Crippen LogP contribution in [0.5, 0.6) is 0 Å². The number of alkyl halides is 3. The topological polar surface area (TPSA) is 127 Å². The summed E-state index contributed by atoms with van der Waals surface area (Å²) in [5.41, 5.74) is 1.86. The van der Waals surface area contributed by atoms with Gasteiger partial charge < -0.3 is 25.1 Å². The molecule has 4 aromatic rings. The molecule has 1 saturated heterocycles. The van der Waals surface area contributed by atoms with Gasteiger partial charge in [-0.25, -0.2) is 9.98 Å². The minimum absolute atomic E-state index is 0.0303. The Balaban J connectivity index is 1.29. The van der Waals surface area contributed by atoms with Crippen molar-refractivity contribution in [1.29, 1.82) is 0 Å². The number of hydrogen-bond donors (Lipinski definition) is 3. The summed E-state index contributed by atoms with van der Waals surface area (Å²) < 4.78 is 51.6. The van der Waals surface area contributed by atoms with Crippen LogP contribution in [0.1, 0.15) is 29.5 Å². The number of benzodiazepines with no additional fused rings is 1. The smallest absolute Gasteiger partial charge is 0.402 e. The van der Waals surface area contributed by atoms with Gasteiger partial charge in [-0.1, -0.05) is 53.6 Å². The number of ether oxygens (including phenoxy) is 1. The molecule has 2 aromatic carbocycles. The van der Waals surface area contributed by atoms with E-state index in [4.69, 9.17) is 9.15 Å². The number of anilines is 3. The van der Waals surface area contributed by atoms with Crippen molar-refractivity contribution in [1.82, 2.24) is 15.2 Å². The first-order chi connectivity index (χ1) is 19.8. The number of nitrogens with zero attached hydrogens (tertiary/aromatic N) is 4. The molecule has 1 unspecified atom stereocenters. The van der Waals surface area contributed by atoms with Crippen LogP contribution in [-0.2, 0) is 15.7 Å². The Bertz CT molecular complexity index is 1580. The van der Waals surface area contributed by atoms with E-state index in [9.17, 15) is 18.0 Å². The third-order valence-corrected chi connectivity index (χ3v) is 6.64. The first kappa shape index (κ1) is 26.4. The number of carbonyl (C=O) groups excluding carboxylic acids is 1. The van der Waals surface area contributed by atoms with Crippen molar-refractivity contribution in [3.05, 3.63) is 83.6 Å². The zero-order valence-electron chi connectivity index (χ0n) is 21.5. The average molecular weight is 564 g/mol. The highest BCUT2D eigenvalue weighted by Crippen LogP contribution is 2.35. The first-order valence-corrected chi connectivity index (χ1v) is 12.9. The van der Waals surface area contributed by atoms with Gasteiger partial charge in [-0.3, -0.25) is 4.79 Å². The van der Waals surface area contributed by atoms with Crippen LogP contribution in [0.15, 0.2) is 76.3 Å². The number of rotatable bonds is 7. The molecule has 2 aliphatic rings. The molecule has 2 aliphatic heterocycles. The number of carbonyl (C=O) groups is 1. The summed E-state index contributed by atoms with van der Waals surface area (Å²) in [5.74, 6) is -0.602. The lowest BCUT2D eigenvalue weighted by Gasteiger charge is -2.15. The van der Waals surface area contributed by atoms with Crippen LogP contribution in [0, 0.1) is 0 Å². The third kappa shape index (κ3) is 5.75. The number of fused-ring (bicyclic) bond motifs is 1. The quantitative estimate of drug-likeness (QED) is 0.288. The van der Waals surface area contributed by atoms with E-state index in [-0.39, 0.29) is 35.9 Å². The second kappa shape index (κ2) is 11.0. The molecule has 10 nitrogen and oxygen atoms in total. The van der Waals surface area contributed by atoms with Crippen LogP contribution < -0.4 is 16.0 Å². The Labute approximate surface area is 232 Å². The molecule has 0 radical (unpaired) electrons. The van der Waals surface area contributed by atoms with Gasteiger partial charge in [-0.05, 0) is 25.0 Å². The molecule has 6 rings (SSSR count). The molecule has 2 aromatic heterocycles. The molecular formula is C28H24F3N7O3. The number of benzene rings is 2. The van der Waals surface area contributed by atoms with Gasteiger partial charge in [0, 0.05) is 30.5 Å². The van der Waals surface area contributed by atoms with Gasteiger partial charge in [0.05, 0.1) is 28.8 Å². The number of amides is 1. The van der Waals surface area contributed by atoms with Crippen molar-refractivity contribution in [2.75, 3.05) is 29.1 Å². The SMILES string of the molecule is O=C1Nc2ccccc2C(c2ccccc2)=NC1Nc1nnc(-c2ncc(C(F)(F)F)cc2NC[C@@H]2CCCO2)o1. The van der Waals surface area contributed by atoms with Crippen molar-refractivity contribution in [2.24, 2.45) is 4.99 Å². The molecule has 13 heteroatoms. The number of para-hydroxylation sites is 1. The van der Waals surface area contributed by atoms with Crippen LogP contribution in [0.25, 0.3) is 11.6 Å². The standard InChI is InChI=1S/C28H24F3N7O3/c29-28(30,31)17-13-21(32-15-18-9-6-12-40-18)23(33-14-17)26-37-38-27(41-26)36-24-25(39)34-20-11-5-4-10-19(20)22(35-24)16-7-2-1-3-8-16/h1-5,7-8,10-11,13-14,18,24,32H,6,9,12,15H2,(H,34,39)(H,36,38)/t18-,24?/m0/s1. The Hall–Kier alpha value is -4.78. The number of aliphatic imine (C=N–C) groups is 1. The average Bonchev–Trinajstić information content (AvgIpc) is 3.64. The van der Waals surface area contributed by atoms with Crippen LogP contribution in [0.3, 0.4) is 0 Å². The predicted octanol–water partition coefficient (Wildman–Crippen LogP) is 4.97. The lowest BCUT2D eigenvalue weighted by Crippen LogP contribution is -2.32. The van der Waals surface area contributed by atoms with E-state index in [1.807, 2.05) is 42.5 Å². The van der Waals surface area contributed by atoms with Crippen molar-refractivity contribution < 1.29 is 27.1 Å². The lowest BCUT2D eigenvalue weighted by molar-refractivity contribution is -0.137. The number of halogens is 3. The van der Waals surface area contributed by atoms with E-state index >= 15 is 0 Å². The largest absolute Gasteiger partial charge is 0.417 e. The van der Waals surface area contributed by atoms with Crippen LogP contribution >= 0.6 is 0 Å². The normalized spacial score (nSPS) is 18.7. The summed E-state index contributed by atoms with van der Waals surface area (Å²) in [5, 5.41) is 16.6. The number of nitrogens with one attached hydrogen (secondary N) is 3. The Morgan fingerprint density at radius 1 is 1.05 bits per heavy atom. The summed E-state index contributed by atoms with van der Waals surface area (Å²) in [6.07, 6.45) is -3.49. The number of aromatic nitrogens is 3. The molecule has 0 saturated carbocycles. The highest BCUT2D eigenvalue weighted by atomic mass is 19.4. The minimum atomic E-state index is -4.59. The molecule has 3 N–H and O–H groups in total. The van der Waals surface area contributed by atoms with Gasteiger partial charge in [-0.2, -0.15) is 13.2 Å². The Morgan fingerprint density at radius 2 is 1.85 bits per heavy atom. The molecule has 210 valence electrons. The maximum Gasteiger partial charge on any atom is 0.417 e. The van der Waals surface area contributed by atoms with E-state index < -0.39 is 23.8 Å². The summed E-state index contributed by atoms with van der Waals surface area (Å²) in [6, 6.07) is 17.5. The van der Waals surface area contributed by atoms with Gasteiger partial charge in [0.25, 0.3) is 11.8 Å². The monoisotopic (exact) mass is 563 g/mol. The molecule has 41 heavy (non-hydrogen) atoms. The van der Waals surface area contributed by atoms with E-state index in [1.54, 1.807) is 12.1 Å². The van der Waals surface area contributed by atoms with Crippen molar-refractivity contribution >= 4 is 29.0 Å². The van der Waals surface area contributed by atoms with Crippen LogP contribution in [0.4, 0.5) is 30.6 Å². The fourth-order valence-electron chi connectivity index (χ4n) is 4.63. The summed E-state index contributed by atoms with van der Waals surface area (Å²) in [6.45, 7) is 0.891.